The Bertz CT molecular complexity index is 334. The minimum Gasteiger partial charge on any atom is -0.469 e. The molecule has 1 unspecified atom stereocenters. The molecule has 0 aromatic rings. The number of rotatable bonds is 2. The van der Waals surface area contributed by atoms with Crippen LogP contribution in [0.4, 0.5) is 0 Å². The Morgan fingerprint density at radius 3 is 2.25 bits per heavy atom. The summed E-state index contributed by atoms with van der Waals surface area (Å²) in [6.45, 7) is 9.42. The van der Waals surface area contributed by atoms with Crippen molar-refractivity contribution in [3.8, 4) is 6.07 Å². The van der Waals surface area contributed by atoms with Crippen LogP contribution in [0, 0.1) is 22.7 Å². The van der Waals surface area contributed by atoms with Crippen LogP contribution in [0.15, 0.2) is 24.3 Å². The van der Waals surface area contributed by atoms with E-state index >= 15 is 0 Å². The summed E-state index contributed by atoms with van der Waals surface area (Å²) in [5, 5.41) is 8.07. The monoisotopic (exact) mass is 221 g/mol. The van der Waals surface area contributed by atoms with Crippen molar-refractivity contribution in [1.29, 1.82) is 5.26 Å². The number of ether oxygens (including phenoxy) is 1. The summed E-state index contributed by atoms with van der Waals surface area (Å²) in [5.41, 5.74) is 0.718. The van der Waals surface area contributed by atoms with Gasteiger partial charge in [-0.3, -0.25) is 4.79 Å². The summed E-state index contributed by atoms with van der Waals surface area (Å²) in [4.78, 5) is 10.8. The van der Waals surface area contributed by atoms with E-state index in [1.807, 2.05) is 13.0 Å². The molecule has 0 bridgehead atoms. The Hall–Kier alpha value is -1.56. The Labute approximate surface area is 97.4 Å². The van der Waals surface area contributed by atoms with Gasteiger partial charge in [0.05, 0.1) is 19.1 Å². The van der Waals surface area contributed by atoms with E-state index in [-0.39, 0.29) is 17.3 Å². The highest BCUT2D eigenvalue weighted by molar-refractivity contribution is 5.76. The van der Waals surface area contributed by atoms with Crippen molar-refractivity contribution in [3.05, 3.63) is 24.3 Å². The molecule has 0 amide bonds. The zero-order valence-electron chi connectivity index (χ0n) is 10.4. The van der Waals surface area contributed by atoms with E-state index in [0.29, 0.717) is 5.57 Å². The van der Waals surface area contributed by atoms with Gasteiger partial charge in [0.25, 0.3) is 0 Å². The Morgan fingerprint density at radius 1 is 1.62 bits per heavy atom. The van der Waals surface area contributed by atoms with Crippen LogP contribution in [0.25, 0.3) is 0 Å². The third-order valence-corrected chi connectivity index (χ3v) is 2.51. The van der Waals surface area contributed by atoms with Gasteiger partial charge in [-0.15, -0.1) is 0 Å². The molecule has 1 saturated carbocycles. The molecule has 1 aliphatic carbocycles. The average molecular weight is 221 g/mol. The van der Waals surface area contributed by atoms with Crippen LogP contribution in [0.5, 0.6) is 0 Å². The van der Waals surface area contributed by atoms with Crippen LogP contribution in [0.2, 0.25) is 0 Å². The number of carbonyl (C=O) groups is 1. The van der Waals surface area contributed by atoms with E-state index in [4.69, 9.17) is 5.26 Å². The molecule has 0 heterocycles. The lowest BCUT2D eigenvalue weighted by atomic mass is 10.1. The first-order valence-electron chi connectivity index (χ1n) is 5.18. The summed E-state index contributed by atoms with van der Waals surface area (Å²) in [6, 6.07) is 1.88. The molecule has 1 aliphatic rings. The number of allylic oxidation sites excluding steroid dienone is 3. The summed E-state index contributed by atoms with van der Waals surface area (Å²) in [7, 11) is 1.44. The van der Waals surface area contributed by atoms with E-state index in [1.165, 1.54) is 7.11 Å². The molecule has 88 valence electrons. The third-order valence-electron chi connectivity index (χ3n) is 2.51. The molecular weight excluding hydrogens is 202 g/mol. The smallest absolute Gasteiger partial charge is 0.309 e. The molecular formula is C13H19NO2. The maximum Gasteiger partial charge on any atom is 0.309 e. The van der Waals surface area contributed by atoms with Crippen molar-refractivity contribution in [1.82, 2.24) is 0 Å². The van der Waals surface area contributed by atoms with Gasteiger partial charge in [-0.2, -0.15) is 5.26 Å². The van der Waals surface area contributed by atoms with Gasteiger partial charge in [0.15, 0.2) is 0 Å². The fraction of sp³-hybridized carbons (Fsp3) is 0.538. The maximum atomic E-state index is 10.8. The molecule has 0 aliphatic heterocycles. The van der Waals surface area contributed by atoms with Gasteiger partial charge < -0.3 is 4.74 Å². The molecule has 3 heteroatoms. The topological polar surface area (TPSA) is 50.1 Å². The van der Waals surface area contributed by atoms with Crippen molar-refractivity contribution in [2.45, 2.75) is 27.2 Å². The average Bonchev–Trinajstić information content (AvgIpc) is 2.88. The van der Waals surface area contributed by atoms with Crippen LogP contribution in [-0.2, 0) is 9.53 Å². The van der Waals surface area contributed by atoms with E-state index in [9.17, 15) is 4.79 Å². The van der Waals surface area contributed by atoms with Gasteiger partial charge in [0.2, 0.25) is 0 Å². The number of nitrogens with zero attached hydrogens (tertiary/aromatic N) is 1. The normalized spacial score (nSPS) is 20.3. The van der Waals surface area contributed by atoms with E-state index in [2.05, 4.69) is 25.2 Å². The van der Waals surface area contributed by atoms with Crippen LogP contribution in [-0.4, -0.2) is 13.1 Å². The first-order valence-corrected chi connectivity index (χ1v) is 5.18. The molecule has 0 aromatic heterocycles. The van der Waals surface area contributed by atoms with Crippen molar-refractivity contribution in [3.63, 3.8) is 0 Å². The highest BCUT2D eigenvalue weighted by atomic mass is 16.5. The quantitative estimate of drug-likeness (QED) is 0.409. The van der Waals surface area contributed by atoms with Gasteiger partial charge in [0.1, 0.15) is 0 Å². The summed E-state index contributed by atoms with van der Waals surface area (Å²) >= 11 is 0. The van der Waals surface area contributed by atoms with Crippen molar-refractivity contribution < 1.29 is 9.53 Å². The standard InChI is InChI=1S/C7H12O2.C6H7N/c1-7(2)4-5(7)6(8)9-3;1-3-4-6(2)5-7/h5H,4H2,1-3H3;3-4H,2H2,1H3/b;4-3+. The first kappa shape index (κ1) is 14.4. The fourth-order valence-corrected chi connectivity index (χ4v) is 1.25. The first-order chi connectivity index (χ1) is 7.38. The maximum absolute atomic E-state index is 10.8. The number of hydrogen-bond donors (Lipinski definition) is 0. The van der Waals surface area contributed by atoms with E-state index in [1.54, 1.807) is 12.2 Å². The second-order valence-electron chi connectivity index (χ2n) is 4.41. The van der Waals surface area contributed by atoms with E-state index in [0.717, 1.165) is 6.42 Å². The number of carbonyl (C=O) groups excluding carboxylic acids is 1. The third kappa shape index (κ3) is 4.79. The predicted molar refractivity (Wildman–Crippen MR) is 63.5 cm³/mol. The van der Waals surface area contributed by atoms with Gasteiger partial charge in [-0.05, 0) is 24.8 Å². The molecule has 3 nitrogen and oxygen atoms in total. The van der Waals surface area contributed by atoms with Gasteiger partial charge >= 0.3 is 5.97 Å². The minimum absolute atomic E-state index is 0.0556. The number of methoxy groups -OCH3 is 1. The second-order valence-corrected chi connectivity index (χ2v) is 4.41. The van der Waals surface area contributed by atoms with Crippen molar-refractivity contribution in [2.24, 2.45) is 11.3 Å². The van der Waals surface area contributed by atoms with Gasteiger partial charge in [0, 0.05) is 5.57 Å². The second kappa shape index (κ2) is 6.12. The number of nitriles is 1. The lowest BCUT2D eigenvalue weighted by Crippen LogP contribution is -2.06. The van der Waals surface area contributed by atoms with Gasteiger partial charge in [-0.25, -0.2) is 0 Å². The van der Waals surface area contributed by atoms with Crippen molar-refractivity contribution in [2.75, 3.05) is 7.11 Å². The molecule has 16 heavy (non-hydrogen) atoms. The number of hydrogen-bond acceptors (Lipinski definition) is 3. The molecule has 0 radical (unpaired) electrons. The van der Waals surface area contributed by atoms with Gasteiger partial charge in [-0.1, -0.05) is 26.5 Å². The minimum atomic E-state index is -0.0556. The number of esters is 1. The largest absolute Gasteiger partial charge is 0.469 e. The summed E-state index contributed by atoms with van der Waals surface area (Å²) in [5.74, 6) is 0.113. The Balaban J connectivity index is 0.000000293. The lowest BCUT2D eigenvalue weighted by molar-refractivity contribution is -0.142. The zero-order chi connectivity index (χ0) is 12.8. The lowest BCUT2D eigenvalue weighted by Gasteiger charge is -1.98. The van der Waals surface area contributed by atoms with Crippen LogP contribution in [0.1, 0.15) is 27.2 Å². The highest BCUT2D eigenvalue weighted by Gasteiger charge is 2.51. The molecule has 1 atom stereocenters. The summed E-state index contributed by atoms with van der Waals surface area (Å²) < 4.78 is 4.57. The van der Waals surface area contributed by atoms with Crippen molar-refractivity contribution >= 4 is 5.97 Å². The molecule has 0 N–H and O–H groups in total. The SMILES string of the molecule is C=C(C#N)/C=C/C.COC(=O)C1CC1(C)C. The molecule has 1 fully saturated rings. The molecule has 1 rings (SSSR count). The zero-order valence-corrected chi connectivity index (χ0v) is 10.4. The fourth-order valence-electron chi connectivity index (χ4n) is 1.25. The molecule has 0 spiro atoms. The Kier molecular flexibility index (Phi) is 5.52. The highest BCUT2D eigenvalue weighted by Crippen LogP contribution is 2.51. The van der Waals surface area contributed by atoms with Crippen LogP contribution >= 0.6 is 0 Å². The van der Waals surface area contributed by atoms with Crippen LogP contribution < -0.4 is 0 Å². The molecule has 0 saturated heterocycles. The van der Waals surface area contributed by atoms with Crippen LogP contribution in [0.3, 0.4) is 0 Å². The Morgan fingerprint density at radius 2 is 2.12 bits per heavy atom. The predicted octanol–water partition coefficient (Wildman–Crippen LogP) is 2.85. The summed E-state index contributed by atoms with van der Waals surface area (Å²) in [6.07, 6.45) is 4.44. The van der Waals surface area contributed by atoms with E-state index < -0.39 is 0 Å². The molecule has 0 aromatic carbocycles.